The quantitative estimate of drug-likeness (QED) is 0.680. The fourth-order valence-electron chi connectivity index (χ4n) is 4.20. The summed E-state index contributed by atoms with van der Waals surface area (Å²) in [6.45, 7) is 1.15. The highest BCUT2D eigenvalue weighted by atomic mass is 32.2. The van der Waals surface area contributed by atoms with Crippen molar-refractivity contribution in [2.45, 2.75) is 30.6 Å². The van der Waals surface area contributed by atoms with Crippen molar-refractivity contribution < 1.29 is 22.7 Å². The van der Waals surface area contributed by atoms with Gasteiger partial charge in [-0.3, -0.25) is 4.79 Å². The average molecular weight is 443 g/mol. The van der Waals surface area contributed by atoms with E-state index in [4.69, 9.17) is 0 Å². The number of carbonyl (C=O) groups excluding carboxylic acids is 2. The first-order valence-electron chi connectivity index (χ1n) is 10.5. The maximum Gasteiger partial charge on any atom is 0.337 e. The third kappa shape index (κ3) is 4.36. The van der Waals surface area contributed by atoms with Gasteiger partial charge in [0, 0.05) is 31.7 Å². The van der Waals surface area contributed by atoms with Crippen LogP contribution in [0.3, 0.4) is 0 Å². The minimum Gasteiger partial charge on any atom is -0.465 e. The molecule has 31 heavy (non-hydrogen) atoms. The first kappa shape index (κ1) is 21.5. The van der Waals surface area contributed by atoms with Crippen molar-refractivity contribution in [2.75, 3.05) is 33.3 Å². The third-order valence-electron chi connectivity index (χ3n) is 6.04. The van der Waals surface area contributed by atoms with Crippen LogP contribution in [0.5, 0.6) is 0 Å². The number of hydrogen-bond donors (Lipinski definition) is 0. The minimum absolute atomic E-state index is 0.178. The number of piperazine rings is 1. The van der Waals surface area contributed by atoms with Gasteiger partial charge in [-0.2, -0.15) is 4.31 Å². The Kier molecular flexibility index (Phi) is 6.11. The maximum atomic E-state index is 13.1. The number of sulfonamides is 1. The lowest BCUT2D eigenvalue weighted by molar-refractivity contribution is 0.0599. The van der Waals surface area contributed by atoms with E-state index in [0.29, 0.717) is 29.1 Å². The number of rotatable bonds is 4. The van der Waals surface area contributed by atoms with Crippen LogP contribution < -0.4 is 0 Å². The molecule has 0 radical (unpaired) electrons. The van der Waals surface area contributed by atoms with Crippen molar-refractivity contribution in [3.63, 3.8) is 0 Å². The second-order valence-corrected chi connectivity index (χ2v) is 9.84. The largest absolute Gasteiger partial charge is 0.465 e. The van der Waals surface area contributed by atoms with Gasteiger partial charge in [0.05, 0.1) is 17.6 Å². The molecule has 0 N–H and O–H groups in total. The van der Waals surface area contributed by atoms with Crippen molar-refractivity contribution in [2.24, 2.45) is 0 Å². The summed E-state index contributed by atoms with van der Waals surface area (Å²) in [5.74, 6) is -0.637. The predicted octanol–water partition coefficient (Wildman–Crippen LogP) is 2.50. The Morgan fingerprint density at radius 3 is 2.10 bits per heavy atom. The van der Waals surface area contributed by atoms with E-state index in [0.717, 1.165) is 31.2 Å². The first-order chi connectivity index (χ1) is 14.9. The zero-order valence-electron chi connectivity index (χ0n) is 17.5. The molecule has 0 spiro atoms. The van der Waals surface area contributed by atoms with Gasteiger partial charge in [0.25, 0.3) is 5.91 Å². The molecule has 2 aromatic carbocycles. The molecule has 0 atom stereocenters. The number of ether oxygens (including phenoxy) is 1. The smallest absolute Gasteiger partial charge is 0.337 e. The lowest BCUT2D eigenvalue weighted by Gasteiger charge is -2.34. The summed E-state index contributed by atoms with van der Waals surface area (Å²) in [7, 11) is -2.28. The fourth-order valence-corrected chi connectivity index (χ4v) is 5.67. The van der Waals surface area contributed by atoms with Crippen molar-refractivity contribution in [1.82, 2.24) is 9.21 Å². The summed E-state index contributed by atoms with van der Waals surface area (Å²) in [4.78, 5) is 26.3. The van der Waals surface area contributed by atoms with Crippen LogP contribution in [0.15, 0.2) is 47.4 Å². The molecule has 164 valence electrons. The first-order valence-corrected chi connectivity index (χ1v) is 11.9. The van der Waals surface area contributed by atoms with E-state index in [9.17, 15) is 18.0 Å². The number of aryl methyl sites for hydroxylation is 2. The Morgan fingerprint density at radius 2 is 1.45 bits per heavy atom. The summed E-state index contributed by atoms with van der Waals surface area (Å²) in [6.07, 6.45) is 4.19. The second-order valence-electron chi connectivity index (χ2n) is 7.90. The van der Waals surface area contributed by atoms with E-state index in [1.807, 2.05) is 12.1 Å². The Labute approximate surface area is 182 Å². The highest BCUT2D eigenvalue weighted by Gasteiger charge is 2.31. The molecule has 1 heterocycles. The van der Waals surface area contributed by atoms with Gasteiger partial charge in [-0.05, 0) is 73.2 Å². The fraction of sp³-hybridized carbons (Fsp3) is 0.391. The molecule has 0 saturated carbocycles. The molecule has 7 nitrogen and oxygen atoms in total. The lowest BCUT2D eigenvalue weighted by Crippen LogP contribution is -2.50. The summed E-state index contributed by atoms with van der Waals surface area (Å²) in [5, 5.41) is 0. The van der Waals surface area contributed by atoms with Crippen LogP contribution in [0.4, 0.5) is 0 Å². The molecule has 2 aliphatic rings. The van der Waals surface area contributed by atoms with Crippen molar-refractivity contribution in [3.05, 3.63) is 64.7 Å². The minimum atomic E-state index is -3.58. The van der Waals surface area contributed by atoms with E-state index in [-0.39, 0.29) is 19.0 Å². The average Bonchev–Trinajstić information content (AvgIpc) is 2.83. The van der Waals surface area contributed by atoms with Gasteiger partial charge in [0.1, 0.15) is 0 Å². The molecule has 1 aliphatic carbocycles. The predicted molar refractivity (Wildman–Crippen MR) is 116 cm³/mol. The SMILES string of the molecule is COC(=O)c1ccc(C(=O)N2CCN(S(=O)(=O)c3ccc4c(c3)CCCC4)CC2)cc1. The van der Waals surface area contributed by atoms with E-state index in [1.165, 1.54) is 17.0 Å². The van der Waals surface area contributed by atoms with Gasteiger partial charge < -0.3 is 9.64 Å². The molecule has 1 aliphatic heterocycles. The van der Waals surface area contributed by atoms with Crippen LogP contribution in [0.1, 0.15) is 44.7 Å². The van der Waals surface area contributed by atoms with Crippen LogP contribution in [0, 0.1) is 0 Å². The Hall–Kier alpha value is -2.71. The molecule has 1 saturated heterocycles. The van der Waals surface area contributed by atoms with Crippen molar-refractivity contribution in [3.8, 4) is 0 Å². The molecule has 0 aromatic heterocycles. The van der Waals surface area contributed by atoms with Gasteiger partial charge >= 0.3 is 5.97 Å². The van der Waals surface area contributed by atoms with Crippen LogP contribution in [-0.4, -0.2) is 62.8 Å². The molecule has 1 amide bonds. The summed E-state index contributed by atoms with van der Waals surface area (Å²) < 4.78 is 32.4. The topological polar surface area (TPSA) is 84.0 Å². The number of benzene rings is 2. The summed E-state index contributed by atoms with van der Waals surface area (Å²) in [6, 6.07) is 11.8. The highest BCUT2D eigenvalue weighted by molar-refractivity contribution is 7.89. The number of nitrogens with zero attached hydrogens (tertiary/aromatic N) is 2. The molecule has 2 aromatic rings. The number of carbonyl (C=O) groups is 2. The molecule has 0 unspecified atom stereocenters. The second kappa shape index (κ2) is 8.80. The Balaban J connectivity index is 1.42. The maximum absolute atomic E-state index is 13.1. The third-order valence-corrected chi connectivity index (χ3v) is 7.93. The van der Waals surface area contributed by atoms with Gasteiger partial charge in [-0.25, -0.2) is 13.2 Å². The number of methoxy groups -OCH3 is 1. The Morgan fingerprint density at radius 1 is 0.839 bits per heavy atom. The van der Waals surface area contributed by atoms with Crippen LogP contribution in [0.25, 0.3) is 0 Å². The Bertz CT molecular complexity index is 1090. The van der Waals surface area contributed by atoms with E-state index in [1.54, 1.807) is 35.2 Å². The van der Waals surface area contributed by atoms with E-state index >= 15 is 0 Å². The van der Waals surface area contributed by atoms with Gasteiger partial charge in [-0.15, -0.1) is 0 Å². The monoisotopic (exact) mass is 442 g/mol. The van der Waals surface area contributed by atoms with E-state index < -0.39 is 16.0 Å². The molecule has 1 fully saturated rings. The summed E-state index contributed by atoms with van der Waals surface area (Å²) >= 11 is 0. The van der Waals surface area contributed by atoms with Crippen molar-refractivity contribution >= 4 is 21.9 Å². The van der Waals surface area contributed by atoms with Gasteiger partial charge in [-0.1, -0.05) is 6.07 Å². The zero-order valence-corrected chi connectivity index (χ0v) is 18.4. The van der Waals surface area contributed by atoms with E-state index in [2.05, 4.69) is 4.74 Å². The number of hydrogen-bond acceptors (Lipinski definition) is 5. The van der Waals surface area contributed by atoms with Crippen molar-refractivity contribution in [1.29, 1.82) is 0 Å². The normalized spacial score (nSPS) is 17.1. The number of amides is 1. The van der Waals surface area contributed by atoms with Crippen LogP contribution >= 0.6 is 0 Å². The molecule has 8 heteroatoms. The lowest BCUT2D eigenvalue weighted by atomic mass is 9.92. The highest BCUT2D eigenvalue weighted by Crippen LogP contribution is 2.26. The summed E-state index contributed by atoms with van der Waals surface area (Å²) in [5.41, 5.74) is 3.22. The number of fused-ring (bicyclic) bond motifs is 1. The van der Waals surface area contributed by atoms with Gasteiger partial charge in [0.15, 0.2) is 0 Å². The number of esters is 1. The molecular weight excluding hydrogens is 416 g/mol. The van der Waals surface area contributed by atoms with Crippen LogP contribution in [-0.2, 0) is 27.6 Å². The molecule has 0 bridgehead atoms. The standard InChI is InChI=1S/C23H26N2O5S/c1-30-23(27)19-8-6-18(7-9-19)22(26)24-12-14-25(15-13-24)31(28,29)21-11-10-17-4-2-3-5-20(17)16-21/h6-11,16H,2-5,12-15H2,1H3. The zero-order chi connectivity index (χ0) is 22.0. The van der Waals surface area contributed by atoms with Crippen LogP contribution in [0.2, 0.25) is 0 Å². The van der Waals surface area contributed by atoms with Gasteiger partial charge in [0.2, 0.25) is 10.0 Å². The molecule has 4 rings (SSSR count). The molecular formula is C23H26N2O5S.